The zero-order valence-electron chi connectivity index (χ0n) is 1.66. The van der Waals surface area contributed by atoms with Crippen LogP contribution in [0.2, 0.25) is 0 Å². The molecule has 5 heteroatoms. The van der Waals surface area contributed by atoms with Crippen LogP contribution in [0.15, 0.2) is 0 Å². The molecule has 2 radical (unpaired) electrons. The second kappa shape index (κ2) is 31.4. The molecular formula is CoMnNi3. The Hall–Kier alpha value is 2.51. The number of hydrogen-bond acceptors (Lipinski definition) is 0. The van der Waals surface area contributed by atoms with E-state index in [1.807, 2.05) is 0 Å². The Bertz CT molecular complexity index is 6.85. The average Bonchev–Trinajstić information content (AvgIpc) is 0. The summed E-state index contributed by atoms with van der Waals surface area (Å²) in [5.74, 6) is 0. The smallest absolute Gasteiger partial charge is 0 e. The van der Waals surface area contributed by atoms with Crippen molar-refractivity contribution >= 4 is 0 Å². The van der Waals surface area contributed by atoms with Crippen molar-refractivity contribution in [1.29, 1.82) is 0 Å². The molecule has 0 nitrogen and oxygen atoms in total. The summed E-state index contributed by atoms with van der Waals surface area (Å²) in [6, 6.07) is 0. The summed E-state index contributed by atoms with van der Waals surface area (Å²) in [5.41, 5.74) is 0. The molecule has 5 heavy (non-hydrogen) atoms. The van der Waals surface area contributed by atoms with Crippen LogP contribution in [-0.2, 0) is 83.3 Å². The molecule has 0 aliphatic rings. The van der Waals surface area contributed by atoms with Crippen LogP contribution in [0, 0.1) is 0 Å². The third kappa shape index (κ3) is 21.0. The van der Waals surface area contributed by atoms with Crippen LogP contribution in [0.25, 0.3) is 0 Å². The molecule has 0 amide bonds. The van der Waals surface area contributed by atoms with Gasteiger partial charge in [0, 0.05) is 83.3 Å². The van der Waals surface area contributed by atoms with E-state index in [1.54, 1.807) is 0 Å². The Balaban J connectivity index is 0. The molecule has 0 saturated carbocycles. The van der Waals surface area contributed by atoms with E-state index in [9.17, 15) is 0 Å². The minimum Gasteiger partial charge on any atom is 0 e. The average molecular weight is 290 g/mol. The fourth-order valence-electron chi connectivity index (χ4n) is 0. The van der Waals surface area contributed by atoms with Crippen molar-refractivity contribution in [1.82, 2.24) is 0 Å². The largest absolute Gasteiger partial charge is 0 e. The molecule has 0 aliphatic heterocycles. The van der Waals surface area contributed by atoms with Crippen molar-refractivity contribution in [2.45, 2.75) is 0 Å². The van der Waals surface area contributed by atoms with Gasteiger partial charge in [-0.05, 0) is 0 Å². The standard InChI is InChI=1S/Co.Mn.3Ni. The fourth-order valence-corrected chi connectivity index (χ4v) is 0. The molecule has 0 aromatic carbocycles. The Labute approximate surface area is 82.4 Å². The molecule has 0 aromatic rings. The van der Waals surface area contributed by atoms with E-state index in [4.69, 9.17) is 0 Å². The van der Waals surface area contributed by atoms with E-state index < -0.39 is 0 Å². The van der Waals surface area contributed by atoms with Crippen LogP contribution in [0.5, 0.6) is 0 Å². The van der Waals surface area contributed by atoms with Gasteiger partial charge in [-0.1, -0.05) is 0 Å². The van der Waals surface area contributed by atoms with Gasteiger partial charge in [0.1, 0.15) is 0 Å². The molecule has 0 aromatic heterocycles. The van der Waals surface area contributed by atoms with Crippen molar-refractivity contribution in [3.63, 3.8) is 0 Å². The van der Waals surface area contributed by atoms with Crippen LogP contribution in [0.3, 0.4) is 0 Å². The van der Waals surface area contributed by atoms with E-state index in [1.165, 1.54) is 0 Å². The summed E-state index contributed by atoms with van der Waals surface area (Å²) in [5, 5.41) is 0. The van der Waals surface area contributed by atoms with Crippen LogP contribution in [-0.4, -0.2) is 0 Å². The first-order valence-corrected chi connectivity index (χ1v) is 0. The first kappa shape index (κ1) is 50.6. The van der Waals surface area contributed by atoms with Gasteiger partial charge in [0.25, 0.3) is 0 Å². The summed E-state index contributed by atoms with van der Waals surface area (Å²) in [7, 11) is 0. The molecular weight excluding hydrogens is 290 g/mol. The van der Waals surface area contributed by atoms with Crippen LogP contribution < -0.4 is 0 Å². The Morgan fingerprint density at radius 1 is 0.600 bits per heavy atom. The molecule has 0 aliphatic carbocycles. The summed E-state index contributed by atoms with van der Waals surface area (Å²) >= 11 is 0. The Kier molecular flexibility index (Phi) is 318. The summed E-state index contributed by atoms with van der Waals surface area (Å²) < 4.78 is 0. The molecule has 0 N–H and O–H groups in total. The normalized spacial score (nSPS) is 0. The molecule has 0 fully saturated rings. The minimum atomic E-state index is 0. The van der Waals surface area contributed by atoms with E-state index >= 15 is 0 Å². The predicted octanol–water partition coefficient (Wildman–Crippen LogP) is -0.0125. The van der Waals surface area contributed by atoms with Gasteiger partial charge in [0.05, 0.1) is 0 Å². The first-order valence-electron chi connectivity index (χ1n) is 0. The first-order chi connectivity index (χ1) is 0. The second-order valence-corrected chi connectivity index (χ2v) is 0. The third-order valence-corrected chi connectivity index (χ3v) is 0. The van der Waals surface area contributed by atoms with Gasteiger partial charge in [-0.2, -0.15) is 0 Å². The maximum Gasteiger partial charge on any atom is 0 e. The molecule has 0 bridgehead atoms. The van der Waals surface area contributed by atoms with E-state index in [0.29, 0.717) is 0 Å². The van der Waals surface area contributed by atoms with Gasteiger partial charge in [-0.15, -0.1) is 0 Å². The van der Waals surface area contributed by atoms with Gasteiger partial charge < -0.3 is 0 Å². The summed E-state index contributed by atoms with van der Waals surface area (Å²) in [6.07, 6.45) is 0. The van der Waals surface area contributed by atoms with E-state index in [0.717, 1.165) is 0 Å². The van der Waals surface area contributed by atoms with E-state index in [-0.39, 0.29) is 83.3 Å². The topological polar surface area (TPSA) is 0 Å². The summed E-state index contributed by atoms with van der Waals surface area (Å²) in [6.45, 7) is 0. The molecule has 46 valence electrons. The van der Waals surface area contributed by atoms with Crippen molar-refractivity contribution in [2.24, 2.45) is 0 Å². The predicted molar refractivity (Wildman–Crippen MR) is 0 cm³/mol. The van der Waals surface area contributed by atoms with Crippen molar-refractivity contribution in [2.75, 3.05) is 0 Å². The van der Waals surface area contributed by atoms with Crippen LogP contribution in [0.4, 0.5) is 0 Å². The van der Waals surface area contributed by atoms with Crippen molar-refractivity contribution in [3.8, 4) is 0 Å². The van der Waals surface area contributed by atoms with Crippen molar-refractivity contribution < 1.29 is 83.3 Å². The monoisotopic (exact) mass is 288 g/mol. The van der Waals surface area contributed by atoms with E-state index in [2.05, 4.69) is 0 Å². The zero-order chi connectivity index (χ0) is 0. The summed E-state index contributed by atoms with van der Waals surface area (Å²) in [4.78, 5) is 0. The van der Waals surface area contributed by atoms with Crippen LogP contribution in [0.1, 0.15) is 0 Å². The van der Waals surface area contributed by atoms with Gasteiger partial charge in [-0.25, -0.2) is 0 Å². The minimum absolute atomic E-state index is 0. The molecule has 0 spiro atoms. The SMILES string of the molecule is [Co].[Mn].[Ni].[Ni].[Ni]. The van der Waals surface area contributed by atoms with Gasteiger partial charge in [0.15, 0.2) is 0 Å². The van der Waals surface area contributed by atoms with Crippen LogP contribution >= 0.6 is 0 Å². The van der Waals surface area contributed by atoms with Gasteiger partial charge >= 0.3 is 0 Å². The van der Waals surface area contributed by atoms with Gasteiger partial charge in [0.2, 0.25) is 0 Å². The quantitative estimate of drug-likeness (QED) is 0.550. The fraction of sp³-hybridized carbons (Fsp3) is 0. The maximum atomic E-state index is 0. The maximum absolute atomic E-state index is 0. The molecule has 0 unspecified atom stereocenters. The molecule has 0 saturated heterocycles. The molecule has 0 rings (SSSR count). The number of rotatable bonds is 0. The molecule has 0 heterocycles. The Morgan fingerprint density at radius 3 is 0.600 bits per heavy atom. The second-order valence-electron chi connectivity index (χ2n) is 0. The number of hydrogen-bond donors (Lipinski definition) is 0. The van der Waals surface area contributed by atoms with Gasteiger partial charge in [-0.3, -0.25) is 0 Å². The zero-order valence-corrected chi connectivity index (χ0v) is 6.84. The Morgan fingerprint density at radius 2 is 0.600 bits per heavy atom. The molecule has 0 atom stereocenters. The van der Waals surface area contributed by atoms with Crippen molar-refractivity contribution in [3.05, 3.63) is 0 Å². The third-order valence-electron chi connectivity index (χ3n) is 0.